The number of terminal acetylenes is 1. The van der Waals surface area contributed by atoms with Crippen LogP contribution < -0.4 is 5.32 Å². The minimum Gasteiger partial charge on any atom is -0.463 e. The number of rotatable bonds is 2. The van der Waals surface area contributed by atoms with Crippen LogP contribution in [0.15, 0.2) is 13.2 Å². The summed E-state index contributed by atoms with van der Waals surface area (Å²) in [7, 11) is 5.62. The summed E-state index contributed by atoms with van der Waals surface area (Å²) in [6.45, 7) is 26.3. The maximum absolute atomic E-state index is 12.4. The number of aliphatic hydroxyl groups excluding tert-OH is 4. The van der Waals surface area contributed by atoms with Crippen molar-refractivity contribution in [2.45, 2.75) is 157 Å². The first-order chi connectivity index (χ1) is 22.1. The van der Waals surface area contributed by atoms with Crippen LogP contribution in [0.3, 0.4) is 0 Å². The quantitative estimate of drug-likeness (QED) is 0.160. The van der Waals surface area contributed by atoms with E-state index in [-0.39, 0.29) is 12.0 Å². The molecule has 2 heterocycles. The summed E-state index contributed by atoms with van der Waals surface area (Å²) < 4.78 is 15.8. The van der Waals surface area contributed by atoms with Crippen molar-refractivity contribution in [1.29, 1.82) is 0 Å². The highest BCUT2D eigenvalue weighted by Gasteiger charge is 2.34. The SMILES string of the molecule is C#C.C=C.CC.CC.CC.CC1CC(N(C)C)CC(O)O1.CO[C@@]1(C)CC[C@H](O)C(C)C(=O)OCC(O)C(O)C(C)NC(=O)[C@H](C)C1. The molecule has 0 bridgehead atoms. The highest BCUT2D eigenvalue weighted by molar-refractivity contribution is 5.78. The molecule has 0 radical (unpaired) electrons. The molecule has 0 saturated carbocycles. The minimum atomic E-state index is -1.34. The summed E-state index contributed by atoms with van der Waals surface area (Å²) in [6.07, 6.45) is 6.97. The summed E-state index contributed by atoms with van der Waals surface area (Å²) in [5.74, 6) is -2.10. The fraction of sp³-hybridized carbons (Fsp3) is 0.833. The molecule has 10 atom stereocenters. The Kier molecular flexibility index (Phi) is 37.6. The Hall–Kier alpha value is -2.04. The first-order valence-corrected chi connectivity index (χ1v) is 17.0. The molecule has 2 fully saturated rings. The van der Waals surface area contributed by atoms with Crippen LogP contribution in [-0.4, -0.2) is 113 Å². The molecule has 0 spiro atoms. The topological polar surface area (TPSA) is 158 Å². The Morgan fingerprint density at radius 3 is 1.83 bits per heavy atom. The summed E-state index contributed by atoms with van der Waals surface area (Å²) in [5.41, 5.74) is -0.650. The van der Waals surface area contributed by atoms with Crippen LogP contribution in [0.1, 0.15) is 108 Å². The maximum Gasteiger partial charge on any atom is 0.311 e. The second kappa shape index (κ2) is 32.5. The number of amides is 1. The molecule has 282 valence electrons. The van der Waals surface area contributed by atoms with Gasteiger partial charge in [-0.05, 0) is 67.5 Å². The van der Waals surface area contributed by atoms with Crippen LogP contribution >= 0.6 is 0 Å². The van der Waals surface area contributed by atoms with Crippen LogP contribution in [0.25, 0.3) is 0 Å². The van der Waals surface area contributed by atoms with Gasteiger partial charge in [-0.2, -0.15) is 0 Å². The van der Waals surface area contributed by atoms with Crippen molar-refractivity contribution in [1.82, 2.24) is 10.2 Å². The third-order valence-corrected chi connectivity index (χ3v) is 7.47. The highest BCUT2D eigenvalue weighted by Crippen LogP contribution is 2.28. The van der Waals surface area contributed by atoms with Crippen molar-refractivity contribution in [3.63, 3.8) is 0 Å². The number of carbonyl (C=O) groups is 2. The molecule has 11 heteroatoms. The molecule has 2 rings (SSSR count). The van der Waals surface area contributed by atoms with Crippen molar-refractivity contribution in [2.75, 3.05) is 27.8 Å². The molecule has 0 aromatic heterocycles. The van der Waals surface area contributed by atoms with Gasteiger partial charge in [0, 0.05) is 25.5 Å². The van der Waals surface area contributed by atoms with Crippen LogP contribution in [-0.2, 0) is 23.8 Å². The molecular weight excluding hydrogens is 604 g/mol. The molecular formula is C36H74N2O9. The van der Waals surface area contributed by atoms with Gasteiger partial charge in [-0.25, -0.2) is 0 Å². The molecule has 2 saturated heterocycles. The van der Waals surface area contributed by atoms with Crippen LogP contribution in [0.2, 0.25) is 0 Å². The first-order valence-electron chi connectivity index (χ1n) is 17.0. The van der Waals surface area contributed by atoms with Crippen LogP contribution in [0, 0.1) is 24.7 Å². The van der Waals surface area contributed by atoms with E-state index in [2.05, 4.69) is 36.2 Å². The smallest absolute Gasteiger partial charge is 0.311 e. The number of hydrogen-bond acceptors (Lipinski definition) is 10. The van der Waals surface area contributed by atoms with Crippen molar-refractivity contribution in [3.8, 4) is 12.8 Å². The molecule has 5 N–H and O–H groups in total. The Bertz CT molecular complexity index is 758. The zero-order valence-corrected chi connectivity index (χ0v) is 32.3. The normalized spacial score (nSPS) is 32.7. The summed E-state index contributed by atoms with van der Waals surface area (Å²) in [6, 6.07) is -0.255. The van der Waals surface area contributed by atoms with E-state index in [4.69, 9.17) is 14.2 Å². The number of cyclic esters (lactones) is 1. The van der Waals surface area contributed by atoms with E-state index in [0.717, 1.165) is 12.8 Å². The molecule has 7 unspecified atom stereocenters. The van der Waals surface area contributed by atoms with E-state index < -0.39 is 60.7 Å². The lowest BCUT2D eigenvalue weighted by Gasteiger charge is -2.34. The molecule has 0 aromatic rings. The van der Waals surface area contributed by atoms with E-state index in [1.54, 1.807) is 27.9 Å². The Morgan fingerprint density at radius 2 is 1.40 bits per heavy atom. The van der Waals surface area contributed by atoms with Crippen molar-refractivity contribution < 1.29 is 44.2 Å². The summed E-state index contributed by atoms with van der Waals surface area (Å²) >= 11 is 0. The number of methoxy groups -OCH3 is 1. The monoisotopic (exact) mass is 679 g/mol. The molecule has 47 heavy (non-hydrogen) atoms. The maximum atomic E-state index is 12.4. The lowest BCUT2D eigenvalue weighted by molar-refractivity contribution is -0.172. The van der Waals surface area contributed by atoms with Gasteiger partial charge in [0.05, 0.1) is 29.8 Å². The van der Waals surface area contributed by atoms with E-state index in [9.17, 15) is 30.0 Å². The second-order valence-corrected chi connectivity index (χ2v) is 11.1. The van der Waals surface area contributed by atoms with E-state index in [0.29, 0.717) is 25.3 Å². The molecule has 11 nitrogen and oxygen atoms in total. The fourth-order valence-corrected chi connectivity index (χ4v) is 4.58. The molecule has 0 aliphatic carbocycles. The summed E-state index contributed by atoms with van der Waals surface area (Å²) in [4.78, 5) is 26.6. The van der Waals surface area contributed by atoms with Crippen molar-refractivity contribution in [2.24, 2.45) is 11.8 Å². The van der Waals surface area contributed by atoms with Gasteiger partial charge >= 0.3 is 5.97 Å². The number of esters is 1. The molecule has 0 aromatic carbocycles. The minimum absolute atomic E-state index is 0.186. The molecule has 2 aliphatic heterocycles. The van der Waals surface area contributed by atoms with Crippen molar-refractivity contribution >= 4 is 11.9 Å². The largest absolute Gasteiger partial charge is 0.463 e. The van der Waals surface area contributed by atoms with Crippen molar-refractivity contribution in [3.05, 3.63) is 13.2 Å². The molecule has 2 aliphatic rings. The number of aliphatic hydroxyl groups is 4. The number of nitrogens with one attached hydrogen (secondary N) is 1. The van der Waals surface area contributed by atoms with Gasteiger partial charge in [0.25, 0.3) is 0 Å². The summed E-state index contributed by atoms with van der Waals surface area (Å²) in [5, 5.41) is 42.3. The van der Waals surface area contributed by atoms with Gasteiger partial charge in [-0.1, -0.05) is 48.5 Å². The standard InChI is InChI=1S/C18H33NO7.C8H17NO2.3C2H6.C2H4.C2H2/c1-10-8-18(4,25-5)7-6-13(20)11(2)17(24)26-9-14(21)15(22)12(3)19-16(10)23;1-6-4-7(9(2)3)5-8(10)11-6;5*1-2/h10-15,20-22H,6-9H2,1-5H3,(H,19,23);6-8,10H,4-5H2,1-3H3;3*1-2H3;1-2H2;1-2H/t10-,11?,12?,13+,14?,15?,18+;;;;;;/m1....../s1. The third-order valence-electron chi connectivity index (χ3n) is 7.47. The number of nitrogens with zero attached hydrogens (tertiary/aromatic N) is 1. The van der Waals surface area contributed by atoms with Crippen LogP contribution in [0.4, 0.5) is 0 Å². The zero-order chi connectivity index (χ0) is 38.5. The van der Waals surface area contributed by atoms with Gasteiger partial charge in [-0.3, -0.25) is 9.59 Å². The predicted octanol–water partition coefficient (Wildman–Crippen LogP) is 4.54. The highest BCUT2D eigenvalue weighted by atomic mass is 16.6. The van der Waals surface area contributed by atoms with Gasteiger partial charge in [0.1, 0.15) is 18.8 Å². The van der Waals surface area contributed by atoms with E-state index in [1.807, 2.05) is 69.5 Å². The van der Waals surface area contributed by atoms with Gasteiger partial charge in [-0.15, -0.1) is 26.0 Å². The van der Waals surface area contributed by atoms with Gasteiger partial charge in [0.2, 0.25) is 5.91 Å². The number of hydrogen-bond donors (Lipinski definition) is 5. The van der Waals surface area contributed by atoms with Gasteiger partial charge < -0.3 is 44.9 Å². The second-order valence-electron chi connectivity index (χ2n) is 11.1. The Labute approximate surface area is 288 Å². The van der Waals surface area contributed by atoms with E-state index >= 15 is 0 Å². The van der Waals surface area contributed by atoms with Gasteiger partial charge in [0.15, 0.2) is 6.29 Å². The van der Waals surface area contributed by atoms with Crippen LogP contribution in [0.5, 0.6) is 0 Å². The third kappa shape index (κ3) is 23.9. The lowest BCUT2D eigenvalue weighted by Crippen LogP contribution is -2.50. The number of carbonyl (C=O) groups excluding carboxylic acids is 2. The fourth-order valence-electron chi connectivity index (χ4n) is 4.58. The average Bonchev–Trinajstić information content (AvgIpc) is 3.09. The Balaban J connectivity index is -0.000000232. The Morgan fingerprint density at radius 1 is 0.915 bits per heavy atom. The van der Waals surface area contributed by atoms with E-state index in [1.165, 1.54) is 0 Å². The average molecular weight is 679 g/mol. The first kappa shape index (κ1) is 54.4. The molecule has 1 amide bonds. The zero-order valence-electron chi connectivity index (χ0n) is 32.3. The predicted molar refractivity (Wildman–Crippen MR) is 193 cm³/mol. The lowest BCUT2D eigenvalue weighted by atomic mass is 9.86. The number of ether oxygens (including phenoxy) is 3.